The predicted octanol–water partition coefficient (Wildman–Crippen LogP) is 2.99. The molecular weight excluding hydrogens is 352 g/mol. The van der Waals surface area contributed by atoms with Crippen LogP contribution in [0.1, 0.15) is 34.3 Å². The highest BCUT2D eigenvalue weighted by Gasteiger charge is 2.21. The Morgan fingerprint density at radius 2 is 1.79 bits per heavy atom. The molecule has 2 heterocycles. The van der Waals surface area contributed by atoms with Gasteiger partial charge in [-0.15, -0.1) is 0 Å². The Balaban J connectivity index is 1.32. The minimum absolute atomic E-state index is 0.123. The molecular formula is C22H22N4O2. The van der Waals surface area contributed by atoms with Gasteiger partial charge in [-0.2, -0.15) is 0 Å². The molecule has 0 spiro atoms. The van der Waals surface area contributed by atoms with Crippen molar-refractivity contribution in [3.8, 4) is 0 Å². The van der Waals surface area contributed by atoms with Gasteiger partial charge in [0.2, 0.25) is 5.91 Å². The Labute approximate surface area is 163 Å². The first-order valence-electron chi connectivity index (χ1n) is 9.41. The maximum atomic E-state index is 12.4. The van der Waals surface area contributed by atoms with Crippen molar-refractivity contribution >= 4 is 17.5 Å². The first kappa shape index (κ1) is 18.0. The smallest absolute Gasteiger partial charge is 0.251 e. The Kier molecular flexibility index (Phi) is 5.19. The van der Waals surface area contributed by atoms with E-state index in [9.17, 15) is 9.59 Å². The minimum atomic E-state index is -0.123. The van der Waals surface area contributed by atoms with Crippen molar-refractivity contribution in [2.24, 2.45) is 0 Å². The molecule has 6 heteroatoms. The number of nitrogens with zero attached hydrogens (tertiary/aromatic N) is 3. The molecule has 3 aromatic rings. The molecule has 1 aromatic heterocycles. The van der Waals surface area contributed by atoms with E-state index in [0.29, 0.717) is 18.5 Å². The Morgan fingerprint density at radius 1 is 1.04 bits per heavy atom. The van der Waals surface area contributed by atoms with E-state index >= 15 is 0 Å². The van der Waals surface area contributed by atoms with Crippen LogP contribution in [0.15, 0.2) is 67.3 Å². The lowest BCUT2D eigenvalue weighted by atomic mass is 10.1. The topological polar surface area (TPSA) is 67.2 Å². The van der Waals surface area contributed by atoms with Crippen LogP contribution in [0.4, 0.5) is 5.69 Å². The molecule has 142 valence electrons. The zero-order valence-electron chi connectivity index (χ0n) is 15.5. The first-order chi connectivity index (χ1) is 13.7. The summed E-state index contributed by atoms with van der Waals surface area (Å²) in [4.78, 5) is 30.0. The molecule has 1 aliphatic heterocycles. The van der Waals surface area contributed by atoms with Crippen LogP contribution in [0, 0.1) is 0 Å². The number of hydrogen-bond acceptors (Lipinski definition) is 3. The molecule has 0 bridgehead atoms. The maximum absolute atomic E-state index is 12.4. The maximum Gasteiger partial charge on any atom is 0.251 e. The number of aromatic nitrogens is 2. The van der Waals surface area contributed by atoms with Crippen molar-refractivity contribution in [1.82, 2.24) is 14.9 Å². The van der Waals surface area contributed by atoms with Crippen LogP contribution >= 0.6 is 0 Å². The van der Waals surface area contributed by atoms with Gasteiger partial charge in [0.05, 0.1) is 6.33 Å². The van der Waals surface area contributed by atoms with Gasteiger partial charge in [-0.25, -0.2) is 4.98 Å². The van der Waals surface area contributed by atoms with Gasteiger partial charge in [0.1, 0.15) is 0 Å². The SMILES string of the molecule is O=C(NCc1ccc(Cn2ccnc2)cc1)c1ccc(N2CCCC2=O)cc1. The van der Waals surface area contributed by atoms with Gasteiger partial charge in [-0.05, 0) is 41.8 Å². The highest BCUT2D eigenvalue weighted by Crippen LogP contribution is 2.21. The van der Waals surface area contributed by atoms with Gasteiger partial charge in [0.25, 0.3) is 5.91 Å². The fraction of sp³-hybridized carbons (Fsp3) is 0.227. The Hall–Kier alpha value is -3.41. The normalized spacial score (nSPS) is 13.7. The minimum Gasteiger partial charge on any atom is -0.348 e. The summed E-state index contributed by atoms with van der Waals surface area (Å²) in [6.45, 7) is 2.00. The zero-order chi connectivity index (χ0) is 19.3. The number of imidazole rings is 1. The number of benzene rings is 2. The summed E-state index contributed by atoms with van der Waals surface area (Å²) in [5.41, 5.74) is 3.67. The van der Waals surface area contributed by atoms with Crippen molar-refractivity contribution in [2.45, 2.75) is 25.9 Å². The number of nitrogens with one attached hydrogen (secondary N) is 1. The lowest BCUT2D eigenvalue weighted by Crippen LogP contribution is -2.25. The van der Waals surface area contributed by atoms with Gasteiger partial charge in [0, 0.05) is 49.7 Å². The van der Waals surface area contributed by atoms with Crippen molar-refractivity contribution in [1.29, 1.82) is 0 Å². The van der Waals surface area contributed by atoms with E-state index in [0.717, 1.165) is 30.8 Å². The van der Waals surface area contributed by atoms with Crippen LogP contribution in [0.2, 0.25) is 0 Å². The first-order valence-corrected chi connectivity index (χ1v) is 9.41. The third kappa shape index (κ3) is 4.11. The largest absolute Gasteiger partial charge is 0.348 e. The predicted molar refractivity (Wildman–Crippen MR) is 107 cm³/mol. The third-order valence-corrected chi connectivity index (χ3v) is 4.91. The molecule has 6 nitrogen and oxygen atoms in total. The van der Waals surface area contributed by atoms with Gasteiger partial charge >= 0.3 is 0 Å². The van der Waals surface area contributed by atoms with Crippen LogP contribution in [0.25, 0.3) is 0 Å². The lowest BCUT2D eigenvalue weighted by Gasteiger charge is -2.15. The van der Waals surface area contributed by atoms with Gasteiger partial charge < -0.3 is 14.8 Å². The quantitative estimate of drug-likeness (QED) is 0.721. The highest BCUT2D eigenvalue weighted by atomic mass is 16.2. The van der Waals surface area contributed by atoms with Crippen molar-refractivity contribution in [3.05, 3.63) is 83.9 Å². The van der Waals surface area contributed by atoms with Crippen LogP contribution in [-0.2, 0) is 17.9 Å². The monoisotopic (exact) mass is 374 g/mol. The number of rotatable bonds is 6. The van der Waals surface area contributed by atoms with E-state index in [1.54, 1.807) is 29.6 Å². The van der Waals surface area contributed by atoms with Crippen LogP contribution < -0.4 is 10.2 Å². The molecule has 0 aliphatic carbocycles. The average Bonchev–Trinajstić information content (AvgIpc) is 3.39. The lowest BCUT2D eigenvalue weighted by molar-refractivity contribution is -0.117. The van der Waals surface area contributed by atoms with Crippen molar-refractivity contribution in [2.75, 3.05) is 11.4 Å². The van der Waals surface area contributed by atoms with E-state index in [4.69, 9.17) is 0 Å². The fourth-order valence-electron chi connectivity index (χ4n) is 3.35. The molecule has 0 unspecified atom stereocenters. The molecule has 1 fully saturated rings. The Morgan fingerprint density at radius 3 is 2.43 bits per heavy atom. The number of carbonyl (C=O) groups is 2. The molecule has 1 saturated heterocycles. The van der Waals surface area contributed by atoms with Crippen molar-refractivity contribution < 1.29 is 9.59 Å². The second-order valence-electron chi connectivity index (χ2n) is 6.93. The second-order valence-corrected chi connectivity index (χ2v) is 6.93. The second kappa shape index (κ2) is 8.08. The van der Waals surface area contributed by atoms with E-state index in [1.165, 1.54) is 5.56 Å². The number of amides is 2. The van der Waals surface area contributed by atoms with E-state index in [-0.39, 0.29) is 11.8 Å². The van der Waals surface area contributed by atoms with E-state index < -0.39 is 0 Å². The average molecular weight is 374 g/mol. The summed E-state index contributed by atoms with van der Waals surface area (Å²) < 4.78 is 2.01. The fourth-order valence-corrected chi connectivity index (χ4v) is 3.35. The molecule has 28 heavy (non-hydrogen) atoms. The molecule has 2 amide bonds. The summed E-state index contributed by atoms with van der Waals surface area (Å²) in [5.74, 6) is 0.0236. The van der Waals surface area contributed by atoms with Gasteiger partial charge in [-0.1, -0.05) is 24.3 Å². The third-order valence-electron chi connectivity index (χ3n) is 4.91. The molecule has 0 atom stereocenters. The summed E-state index contributed by atoms with van der Waals surface area (Å²) in [6, 6.07) is 15.4. The molecule has 0 radical (unpaired) electrons. The summed E-state index contributed by atoms with van der Waals surface area (Å²) in [7, 11) is 0. The number of carbonyl (C=O) groups excluding carboxylic acids is 2. The molecule has 0 saturated carbocycles. The Bertz CT molecular complexity index is 947. The molecule has 2 aromatic carbocycles. The van der Waals surface area contributed by atoms with Crippen LogP contribution in [-0.4, -0.2) is 27.9 Å². The number of anilines is 1. The van der Waals surface area contributed by atoms with E-state index in [2.05, 4.69) is 22.4 Å². The van der Waals surface area contributed by atoms with Gasteiger partial charge in [-0.3, -0.25) is 9.59 Å². The van der Waals surface area contributed by atoms with Crippen LogP contribution in [0.3, 0.4) is 0 Å². The van der Waals surface area contributed by atoms with E-state index in [1.807, 2.05) is 35.0 Å². The summed E-state index contributed by atoms with van der Waals surface area (Å²) in [5, 5.41) is 2.94. The standard InChI is InChI=1S/C22H22N4O2/c27-21-2-1-12-26(21)20-9-7-19(8-10-20)22(28)24-14-17-3-5-18(6-4-17)15-25-13-11-23-16-25/h3-11,13,16H,1-2,12,14-15H2,(H,24,28). The molecule has 1 aliphatic rings. The molecule has 4 rings (SSSR count). The van der Waals surface area contributed by atoms with Gasteiger partial charge in [0.15, 0.2) is 0 Å². The number of hydrogen-bond donors (Lipinski definition) is 1. The van der Waals surface area contributed by atoms with Crippen LogP contribution in [0.5, 0.6) is 0 Å². The highest BCUT2D eigenvalue weighted by molar-refractivity contribution is 5.97. The molecule has 1 N–H and O–H groups in total. The van der Waals surface area contributed by atoms with Crippen molar-refractivity contribution in [3.63, 3.8) is 0 Å². The zero-order valence-corrected chi connectivity index (χ0v) is 15.5. The summed E-state index contributed by atoms with van der Waals surface area (Å²) >= 11 is 0. The summed E-state index contributed by atoms with van der Waals surface area (Å²) in [6.07, 6.45) is 6.98.